The second-order valence-corrected chi connectivity index (χ2v) is 6.99. The van der Waals surface area contributed by atoms with Crippen molar-refractivity contribution in [3.8, 4) is 0 Å². The Bertz CT molecular complexity index is 589. The van der Waals surface area contributed by atoms with Crippen molar-refractivity contribution in [2.75, 3.05) is 0 Å². The minimum atomic E-state index is -0.525. The highest BCUT2D eigenvalue weighted by molar-refractivity contribution is 5.52. The summed E-state index contributed by atoms with van der Waals surface area (Å²) in [4.78, 5) is 0. The van der Waals surface area contributed by atoms with Gasteiger partial charge in [-0.2, -0.15) is 0 Å². The fourth-order valence-corrected chi connectivity index (χ4v) is 6.20. The highest BCUT2D eigenvalue weighted by Gasteiger charge is 2.77. The molecule has 5 atom stereocenters. The molecule has 2 fully saturated rings. The van der Waals surface area contributed by atoms with Crippen LogP contribution in [0.1, 0.15) is 49.1 Å². The summed E-state index contributed by atoms with van der Waals surface area (Å²) in [6.07, 6.45) is 10.9. The van der Waals surface area contributed by atoms with Crippen LogP contribution in [0.3, 0.4) is 0 Å². The number of rotatable bonds is 0. The van der Waals surface area contributed by atoms with E-state index >= 15 is 0 Å². The molecule has 0 aliphatic heterocycles. The van der Waals surface area contributed by atoms with Gasteiger partial charge >= 0.3 is 0 Å². The fourth-order valence-electron chi connectivity index (χ4n) is 6.20. The van der Waals surface area contributed by atoms with Gasteiger partial charge in [0, 0.05) is 11.3 Å². The number of fused-ring (bicyclic) bond motifs is 5. The average Bonchev–Trinajstić information content (AvgIpc) is 2.99. The van der Waals surface area contributed by atoms with Gasteiger partial charge in [0.1, 0.15) is 5.60 Å². The van der Waals surface area contributed by atoms with E-state index in [1.54, 1.807) is 0 Å². The third-order valence-electron chi connectivity index (χ3n) is 6.71. The van der Waals surface area contributed by atoms with Crippen LogP contribution in [0.4, 0.5) is 0 Å². The second-order valence-electron chi connectivity index (χ2n) is 6.99. The Labute approximate surface area is 114 Å². The lowest BCUT2D eigenvalue weighted by atomic mass is 9.40. The Morgan fingerprint density at radius 1 is 1.16 bits per heavy atom. The van der Waals surface area contributed by atoms with Gasteiger partial charge in [-0.15, -0.1) is 0 Å². The summed E-state index contributed by atoms with van der Waals surface area (Å²) < 4.78 is 0. The van der Waals surface area contributed by atoms with Crippen LogP contribution in [0.5, 0.6) is 0 Å². The van der Waals surface area contributed by atoms with Crippen molar-refractivity contribution < 1.29 is 5.11 Å². The summed E-state index contributed by atoms with van der Waals surface area (Å²) in [5.74, 6) is 1.69. The summed E-state index contributed by atoms with van der Waals surface area (Å²) >= 11 is 0. The third kappa shape index (κ3) is 0.894. The van der Waals surface area contributed by atoms with Gasteiger partial charge in [-0.05, 0) is 42.2 Å². The smallest absolute Gasteiger partial charge is 0.100 e. The minimum absolute atomic E-state index is 0.145. The Morgan fingerprint density at radius 2 is 2.05 bits per heavy atom. The average molecular weight is 252 g/mol. The van der Waals surface area contributed by atoms with Crippen LogP contribution >= 0.6 is 0 Å². The van der Waals surface area contributed by atoms with Crippen LogP contribution < -0.4 is 0 Å². The highest BCUT2D eigenvalue weighted by atomic mass is 16.3. The van der Waals surface area contributed by atoms with Crippen LogP contribution in [0.25, 0.3) is 0 Å². The maximum atomic E-state index is 11.6. The van der Waals surface area contributed by atoms with Gasteiger partial charge in [-0.1, -0.05) is 49.3 Å². The molecule has 4 aliphatic carbocycles. The Balaban J connectivity index is 1.79. The largest absolute Gasteiger partial charge is 0.384 e. The molecule has 1 heteroatoms. The lowest BCUT2D eigenvalue weighted by molar-refractivity contribution is -0.262. The van der Waals surface area contributed by atoms with Crippen molar-refractivity contribution in [1.82, 2.24) is 0 Å². The van der Waals surface area contributed by atoms with Gasteiger partial charge in [0.2, 0.25) is 0 Å². The predicted molar refractivity (Wildman–Crippen MR) is 74.7 cm³/mol. The van der Waals surface area contributed by atoms with Gasteiger partial charge in [-0.25, -0.2) is 0 Å². The first-order valence-electron chi connectivity index (χ1n) is 7.78. The van der Waals surface area contributed by atoms with Crippen molar-refractivity contribution in [2.45, 2.75) is 43.6 Å². The van der Waals surface area contributed by atoms with Gasteiger partial charge in [0.15, 0.2) is 0 Å². The van der Waals surface area contributed by atoms with Crippen molar-refractivity contribution in [3.05, 3.63) is 47.5 Å². The van der Waals surface area contributed by atoms with Crippen molar-refractivity contribution in [2.24, 2.45) is 17.3 Å². The minimum Gasteiger partial charge on any atom is -0.384 e. The third-order valence-corrected chi connectivity index (χ3v) is 6.71. The Kier molecular flexibility index (Phi) is 1.77. The molecule has 1 N–H and O–H groups in total. The van der Waals surface area contributed by atoms with Crippen molar-refractivity contribution >= 4 is 0 Å². The van der Waals surface area contributed by atoms with E-state index in [-0.39, 0.29) is 5.41 Å². The van der Waals surface area contributed by atoms with E-state index in [1.165, 1.54) is 36.8 Å². The molecular weight excluding hydrogens is 232 g/mol. The molecule has 1 spiro atoms. The first-order valence-corrected chi connectivity index (χ1v) is 7.78. The maximum Gasteiger partial charge on any atom is 0.100 e. The van der Waals surface area contributed by atoms with Crippen molar-refractivity contribution in [3.63, 3.8) is 0 Å². The molecule has 4 aliphatic rings. The lowest BCUT2D eigenvalue weighted by Gasteiger charge is -2.65. The van der Waals surface area contributed by atoms with Crippen LogP contribution in [0.15, 0.2) is 36.4 Å². The predicted octanol–water partition coefficient (Wildman–Crippen LogP) is 3.74. The summed E-state index contributed by atoms with van der Waals surface area (Å²) in [6.45, 7) is 0. The number of hydrogen-bond acceptors (Lipinski definition) is 1. The summed E-state index contributed by atoms with van der Waals surface area (Å²) in [5.41, 5.74) is 2.36. The summed E-state index contributed by atoms with van der Waals surface area (Å²) in [7, 11) is 0. The molecule has 0 unspecified atom stereocenters. The summed E-state index contributed by atoms with van der Waals surface area (Å²) in [5, 5.41) is 11.6. The number of allylic oxidation sites excluding steroid dienone is 2. The topological polar surface area (TPSA) is 20.2 Å². The van der Waals surface area contributed by atoms with Crippen LogP contribution in [0, 0.1) is 17.3 Å². The molecular formula is C18H20O. The number of benzene rings is 1. The zero-order chi connectivity index (χ0) is 12.7. The molecule has 5 rings (SSSR count). The van der Waals surface area contributed by atoms with Gasteiger partial charge in [-0.3, -0.25) is 0 Å². The molecule has 0 radical (unpaired) electrons. The Morgan fingerprint density at radius 3 is 3.00 bits per heavy atom. The molecule has 1 aromatic rings. The SMILES string of the molecule is O[C@@]12c3ccccc3[C@H]3CCCC[C@]31[C@H]1C=CC[C@H]12. The molecule has 1 aromatic carbocycles. The van der Waals surface area contributed by atoms with E-state index in [2.05, 4.69) is 36.4 Å². The quantitative estimate of drug-likeness (QED) is 0.697. The van der Waals surface area contributed by atoms with Gasteiger partial charge in [0.05, 0.1) is 0 Å². The zero-order valence-corrected chi connectivity index (χ0v) is 11.2. The van der Waals surface area contributed by atoms with Crippen LogP contribution in [0.2, 0.25) is 0 Å². The summed E-state index contributed by atoms with van der Waals surface area (Å²) in [6, 6.07) is 8.74. The maximum absolute atomic E-state index is 11.6. The normalized spacial score (nSPS) is 49.0. The molecule has 0 bridgehead atoms. The first kappa shape index (κ1) is 10.7. The number of hydrogen-bond donors (Lipinski definition) is 1. The first-order chi connectivity index (χ1) is 9.30. The fraction of sp³-hybridized carbons (Fsp3) is 0.556. The lowest BCUT2D eigenvalue weighted by Crippen LogP contribution is -2.66. The van der Waals surface area contributed by atoms with Gasteiger partial charge in [0.25, 0.3) is 0 Å². The number of aliphatic hydroxyl groups is 1. The Hall–Kier alpha value is -1.08. The molecule has 1 nitrogen and oxygen atoms in total. The van der Waals surface area contributed by atoms with Crippen LogP contribution in [-0.2, 0) is 5.60 Å². The van der Waals surface area contributed by atoms with E-state index < -0.39 is 5.60 Å². The van der Waals surface area contributed by atoms with E-state index in [1.807, 2.05) is 0 Å². The molecule has 2 saturated carbocycles. The molecule has 0 amide bonds. The van der Waals surface area contributed by atoms with E-state index in [9.17, 15) is 5.11 Å². The van der Waals surface area contributed by atoms with E-state index in [0.29, 0.717) is 17.8 Å². The second kappa shape index (κ2) is 3.15. The molecule has 0 saturated heterocycles. The van der Waals surface area contributed by atoms with Gasteiger partial charge < -0.3 is 5.11 Å². The molecule has 98 valence electrons. The van der Waals surface area contributed by atoms with E-state index in [0.717, 1.165) is 6.42 Å². The van der Waals surface area contributed by atoms with Crippen molar-refractivity contribution in [1.29, 1.82) is 0 Å². The van der Waals surface area contributed by atoms with E-state index in [4.69, 9.17) is 0 Å². The molecule has 19 heavy (non-hydrogen) atoms. The monoisotopic (exact) mass is 252 g/mol. The standard InChI is InChI=1S/C18H20O/c19-18-14-8-2-1-6-12(14)13-7-3-4-11-17(13,18)15-9-5-10-16(15)18/h1-2,5-6,8-9,13,15-16,19H,3-4,7,10-11H2/t13-,15+,16-,17-,18-/m1/s1. The highest BCUT2D eigenvalue weighted by Crippen LogP contribution is 2.79. The van der Waals surface area contributed by atoms with Crippen LogP contribution in [-0.4, -0.2) is 5.11 Å². The molecule has 0 heterocycles. The zero-order valence-electron chi connectivity index (χ0n) is 11.2. The molecule has 0 aromatic heterocycles.